The van der Waals surface area contributed by atoms with Crippen LogP contribution in [-0.2, 0) is 11.2 Å². The van der Waals surface area contributed by atoms with Crippen molar-refractivity contribution in [2.75, 3.05) is 5.75 Å². The van der Waals surface area contributed by atoms with Gasteiger partial charge in [-0.25, -0.2) is 9.67 Å². The van der Waals surface area contributed by atoms with E-state index >= 15 is 0 Å². The highest BCUT2D eigenvalue weighted by molar-refractivity contribution is 7.99. The molecule has 4 aliphatic carbocycles. The van der Waals surface area contributed by atoms with Crippen LogP contribution in [0.1, 0.15) is 57.2 Å². The standard InChI is InChI=1S/C37H39N3O3S/c1-35-19-24-21-38-40(26-9-4-3-5-10-26)30(24)18-25(35)13-14-27-28-16-17-37(43,36(28,2)20-31(41)34(27)35)32(42)22-44-33-15-12-23-8-6-7-11-29(23)39-33/h3-12,15,18,21,27-28,31,34,41,43H,13-14,16-17,19-20,22H2,1-2H3/t27?,28?,31?,34?,35?,36?,37-/m0/s1. The smallest absolute Gasteiger partial charge is 0.175 e. The molecule has 2 heterocycles. The number of para-hydroxylation sites is 2. The van der Waals surface area contributed by atoms with E-state index in [0.29, 0.717) is 12.8 Å². The van der Waals surface area contributed by atoms with Gasteiger partial charge in [0.15, 0.2) is 5.78 Å². The van der Waals surface area contributed by atoms with Gasteiger partial charge < -0.3 is 10.2 Å². The van der Waals surface area contributed by atoms with Crippen LogP contribution >= 0.6 is 11.8 Å². The van der Waals surface area contributed by atoms with E-state index in [1.165, 1.54) is 22.9 Å². The van der Waals surface area contributed by atoms with Crippen molar-refractivity contribution < 1.29 is 15.0 Å². The van der Waals surface area contributed by atoms with Gasteiger partial charge in [-0.3, -0.25) is 4.79 Å². The van der Waals surface area contributed by atoms with Gasteiger partial charge in [0.2, 0.25) is 0 Å². The van der Waals surface area contributed by atoms with Gasteiger partial charge in [0.25, 0.3) is 0 Å². The highest BCUT2D eigenvalue weighted by Gasteiger charge is 2.68. The summed E-state index contributed by atoms with van der Waals surface area (Å²) < 4.78 is 2.04. The molecule has 44 heavy (non-hydrogen) atoms. The number of carbonyl (C=O) groups is 1. The topological polar surface area (TPSA) is 88.2 Å². The first-order valence-corrected chi connectivity index (χ1v) is 17.0. The van der Waals surface area contributed by atoms with Gasteiger partial charge in [0, 0.05) is 10.8 Å². The normalized spacial score (nSPS) is 34.0. The number of aromatic nitrogens is 3. The van der Waals surface area contributed by atoms with Crippen molar-refractivity contribution in [3.63, 3.8) is 0 Å². The van der Waals surface area contributed by atoms with Crippen molar-refractivity contribution in [3.8, 4) is 5.69 Å². The summed E-state index contributed by atoms with van der Waals surface area (Å²) >= 11 is 1.40. The van der Waals surface area contributed by atoms with Crippen LogP contribution in [-0.4, -0.2) is 48.2 Å². The van der Waals surface area contributed by atoms with Gasteiger partial charge in [0.05, 0.1) is 40.0 Å². The fraction of sp³-hybridized carbons (Fsp3) is 0.432. The molecule has 6 unspecified atom stereocenters. The van der Waals surface area contributed by atoms with Crippen LogP contribution in [0.5, 0.6) is 0 Å². The minimum Gasteiger partial charge on any atom is -0.393 e. The molecule has 4 aromatic rings. The summed E-state index contributed by atoms with van der Waals surface area (Å²) in [6.07, 6.45) is 8.25. The Morgan fingerprint density at radius 1 is 1.05 bits per heavy atom. The lowest BCUT2D eigenvalue weighted by Gasteiger charge is -2.60. The van der Waals surface area contributed by atoms with E-state index in [1.54, 1.807) is 0 Å². The molecular weight excluding hydrogens is 566 g/mol. The van der Waals surface area contributed by atoms with Crippen LogP contribution in [0.15, 0.2) is 83.5 Å². The summed E-state index contributed by atoms with van der Waals surface area (Å²) in [6.45, 7) is 4.42. The number of benzene rings is 2. The maximum absolute atomic E-state index is 13.9. The van der Waals surface area contributed by atoms with E-state index in [0.717, 1.165) is 53.0 Å². The number of fused-ring (bicyclic) bond motifs is 7. The average Bonchev–Trinajstić information content (AvgIpc) is 3.55. The van der Waals surface area contributed by atoms with Gasteiger partial charge in [-0.05, 0) is 97.6 Å². The molecule has 3 saturated carbocycles. The van der Waals surface area contributed by atoms with E-state index in [9.17, 15) is 15.0 Å². The monoisotopic (exact) mass is 605 g/mol. The summed E-state index contributed by atoms with van der Waals surface area (Å²) in [5.74, 6) is 0.579. The third-order valence-corrected chi connectivity index (χ3v) is 12.9. The molecule has 0 saturated heterocycles. The lowest BCUT2D eigenvalue weighted by atomic mass is 9.45. The first-order chi connectivity index (χ1) is 21.2. The van der Waals surface area contributed by atoms with Crippen molar-refractivity contribution in [1.82, 2.24) is 14.8 Å². The first kappa shape index (κ1) is 28.2. The van der Waals surface area contributed by atoms with Crippen LogP contribution in [0, 0.1) is 28.6 Å². The molecule has 2 N–H and O–H groups in total. The molecule has 0 spiro atoms. The zero-order chi connectivity index (χ0) is 30.3. The van der Waals surface area contributed by atoms with Crippen molar-refractivity contribution in [2.45, 2.75) is 69.1 Å². The molecule has 7 atom stereocenters. The largest absolute Gasteiger partial charge is 0.393 e. The SMILES string of the molecule is CC12Cc3cnn(-c4ccccc4)c3C=C1CCC1C2C(O)CC2(C)C1CC[C@]2(O)C(=O)CSc1ccc2ccccc2n1. The average molecular weight is 606 g/mol. The van der Waals surface area contributed by atoms with Crippen LogP contribution in [0.4, 0.5) is 0 Å². The maximum atomic E-state index is 13.9. The molecule has 6 nitrogen and oxygen atoms in total. The Balaban J connectivity index is 1.04. The lowest BCUT2D eigenvalue weighted by Crippen LogP contribution is -2.62. The summed E-state index contributed by atoms with van der Waals surface area (Å²) in [5.41, 5.74) is 3.45. The first-order valence-electron chi connectivity index (χ1n) is 16.0. The molecule has 0 aliphatic heterocycles. The molecule has 3 fully saturated rings. The van der Waals surface area contributed by atoms with E-state index in [1.807, 2.05) is 65.5 Å². The van der Waals surface area contributed by atoms with E-state index < -0.39 is 17.1 Å². The van der Waals surface area contributed by atoms with Crippen molar-refractivity contribution >= 4 is 34.5 Å². The summed E-state index contributed by atoms with van der Waals surface area (Å²) in [5, 5.41) is 30.8. The molecule has 8 rings (SSSR count). The third kappa shape index (κ3) is 4.05. The Bertz CT molecular complexity index is 1800. The van der Waals surface area contributed by atoms with Gasteiger partial charge in [-0.15, -0.1) is 0 Å². The van der Waals surface area contributed by atoms with Crippen LogP contribution in [0.3, 0.4) is 0 Å². The van der Waals surface area contributed by atoms with Gasteiger partial charge in [0.1, 0.15) is 5.60 Å². The third-order valence-electron chi connectivity index (χ3n) is 12.0. The number of aliphatic hydroxyl groups excluding tert-OH is 1. The fourth-order valence-corrected chi connectivity index (χ4v) is 10.7. The Kier molecular flexibility index (Phi) is 6.50. The molecule has 2 aromatic heterocycles. The summed E-state index contributed by atoms with van der Waals surface area (Å²) in [6, 6.07) is 22.2. The number of aliphatic hydroxyl groups is 2. The second kappa shape index (κ2) is 10.1. The van der Waals surface area contributed by atoms with Gasteiger partial charge >= 0.3 is 0 Å². The van der Waals surface area contributed by atoms with Crippen molar-refractivity contribution in [2.24, 2.45) is 28.6 Å². The molecule has 0 radical (unpaired) electrons. The van der Waals surface area contributed by atoms with Gasteiger partial charge in [-0.2, -0.15) is 5.10 Å². The van der Waals surface area contributed by atoms with Gasteiger partial charge in [-0.1, -0.05) is 73.6 Å². The molecular formula is C37H39N3O3S. The number of ketones is 1. The number of carbonyl (C=O) groups excluding carboxylic acids is 1. The van der Waals surface area contributed by atoms with Crippen molar-refractivity contribution in [1.29, 1.82) is 0 Å². The second-order valence-electron chi connectivity index (χ2n) is 14.0. The number of Topliss-reactive ketones (excluding diaryl/α,β-unsaturated/α-hetero) is 1. The number of nitrogens with zero attached hydrogens (tertiary/aromatic N) is 3. The highest BCUT2D eigenvalue weighted by atomic mass is 32.2. The lowest BCUT2D eigenvalue weighted by molar-refractivity contribution is -0.177. The van der Waals surface area contributed by atoms with Crippen LogP contribution in [0.25, 0.3) is 22.7 Å². The minimum atomic E-state index is -1.44. The van der Waals surface area contributed by atoms with Crippen LogP contribution < -0.4 is 0 Å². The molecule has 0 bridgehead atoms. The Morgan fingerprint density at radius 3 is 2.68 bits per heavy atom. The van der Waals surface area contributed by atoms with Crippen LogP contribution in [0.2, 0.25) is 0 Å². The van der Waals surface area contributed by atoms with E-state index in [-0.39, 0.29) is 34.7 Å². The molecule has 2 aromatic carbocycles. The number of pyridine rings is 1. The minimum absolute atomic E-state index is 0.0856. The molecule has 4 aliphatic rings. The zero-order valence-corrected chi connectivity index (χ0v) is 26.1. The summed E-state index contributed by atoms with van der Waals surface area (Å²) in [7, 11) is 0. The summed E-state index contributed by atoms with van der Waals surface area (Å²) in [4.78, 5) is 18.6. The Hall–Kier alpha value is -3.26. The highest BCUT2D eigenvalue weighted by Crippen LogP contribution is 2.67. The molecule has 7 heteroatoms. The van der Waals surface area contributed by atoms with E-state index in [2.05, 4.69) is 32.1 Å². The maximum Gasteiger partial charge on any atom is 0.175 e. The molecule has 226 valence electrons. The Morgan fingerprint density at radius 2 is 1.84 bits per heavy atom. The predicted molar refractivity (Wildman–Crippen MR) is 173 cm³/mol. The zero-order valence-electron chi connectivity index (χ0n) is 25.3. The number of hydrogen-bond donors (Lipinski definition) is 2. The number of hydrogen-bond acceptors (Lipinski definition) is 6. The quantitative estimate of drug-likeness (QED) is 0.247. The van der Waals surface area contributed by atoms with Crippen molar-refractivity contribution in [3.05, 3.63) is 89.8 Å². The second-order valence-corrected chi connectivity index (χ2v) is 15.0. The number of allylic oxidation sites excluding steroid dienone is 1. The fourth-order valence-electron chi connectivity index (χ4n) is 9.81. The Labute approximate surface area is 262 Å². The number of rotatable bonds is 5. The molecule has 0 amide bonds. The number of thioether (sulfide) groups is 1. The predicted octanol–water partition coefficient (Wildman–Crippen LogP) is 6.67. The van der Waals surface area contributed by atoms with E-state index in [4.69, 9.17) is 10.1 Å².